The highest BCUT2D eigenvalue weighted by Crippen LogP contribution is 2.49. The second kappa shape index (κ2) is 3.93. The van der Waals surface area contributed by atoms with Crippen molar-refractivity contribution in [3.63, 3.8) is 0 Å². The van der Waals surface area contributed by atoms with E-state index in [4.69, 9.17) is 5.73 Å². The number of rotatable bonds is 2. The van der Waals surface area contributed by atoms with E-state index in [1.54, 1.807) is 0 Å². The van der Waals surface area contributed by atoms with E-state index in [1.165, 1.54) is 30.6 Å². The van der Waals surface area contributed by atoms with Crippen LogP contribution in [0, 0.1) is 17.8 Å². The molecule has 0 aliphatic heterocycles. The van der Waals surface area contributed by atoms with E-state index in [0.29, 0.717) is 11.8 Å². The fourth-order valence-electron chi connectivity index (χ4n) is 3.35. The van der Waals surface area contributed by atoms with Crippen molar-refractivity contribution in [3.05, 3.63) is 20.8 Å². The molecular formula is C12H14BrNOS. The molecule has 1 heterocycles. The molecule has 4 atom stereocenters. The van der Waals surface area contributed by atoms with Gasteiger partial charge in [-0.2, -0.15) is 0 Å². The van der Waals surface area contributed by atoms with E-state index < -0.39 is 0 Å². The third-order valence-electron chi connectivity index (χ3n) is 4.12. The molecule has 0 amide bonds. The maximum absolute atomic E-state index is 12.4. The van der Waals surface area contributed by atoms with Gasteiger partial charge in [-0.25, -0.2) is 0 Å². The number of Topliss-reactive ketones (excluding diaryl/α,β-unsaturated/α-hetero) is 1. The molecule has 1 aromatic rings. The second-order valence-electron chi connectivity index (χ2n) is 4.90. The highest BCUT2D eigenvalue weighted by atomic mass is 79.9. The Morgan fingerprint density at radius 3 is 2.75 bits per heavy atom. The third-order valence-corrected chi connectivity index (χ3v) is 5.98. The minimum atomic E-state index is 0.0775. The lowest BCUT2D eigenvalue weighted by Crippen LogP contribution is -2.40. The molecule has 0 aromatic carbocycles. The summed E-state index contributed by atoms with van der Waals surface area (Å²) in [4.78, 5) is 13.3. The van der Waals surface area contributed by atoms with Crippen molar-refractivity contribution >= 4 is 33.0 Å². The van der Waals surface area contributed by atoms with Crippen LogP contribution in [0.3, 0.4) is 0 Å². The third kappa shape index (κ3) is 1.50. The van der Waals surface area contributed by atoms with E-state index in [2.05, 4.69) is 15.9 Å². The summed E-state index contributed by atoms with van der Waals surface area (Å²) in [5, 5.41) is 1.95. The van der Waals surface area contributed by atoms with E-state index in [0.717, 1.165) is 9.35 Å². The van der Waals surface area contributed by atoms with Crippen LogP contribution >= 0.6 is 27.3 Å². The molecule has 2 aliphatic rings. The molecule has 4 unspecified atom stereocenters. The molecule has 2 bridgehead atoms. The van der Waals surface area contributed by atoms with E-state index in [-0.39, 0.29) is 17.7 Å². The predicted octanol–water partition coefficient (Wildman–Crippen LogP) is 3.07. The van der Waals surface area contributed by atoms with Crippen LogP contribution in [0.4, 0.5) is 0 Å². The highest BCUT2D eigenvalue weighted by molar-refractivity contribution is 9.10. The summed E-state index contributed by atoms with van der Waals surface area (Å²) >= 11 is 4.96. The molecule has 3 rings (SSSR count). The van der Waals surface area contributed by atoms with Gasteiger partial charge in [0.15, 0.2) is 5.78 Å². The van der Waals surface area contributed by atoms with Crippen molar-refractivity contribution in [1.82, 2.24) is 0 Å². The average molecular weight is 300 g/mol. The molecule has 1 aromatic heterocycles. The lowest BCUT2D eigenvalue weighted by molar-refractivity contribution is 0.0860. The van der Waals surface area contributed by atoms with Gasteiger partial charge >= 0.3 is 0 Å². The molecule has 16 heavy (non-hydrogen) atoms. The van der Waals surface area contributed by atoms with Crippen LogP contribution in [0.2, 0.25) is 0 Å². The molecule has 2 N–H and O–H groups in total. The number of hydrogen-bond acceptors (Lipinski definition) is 3. The van der Waals surface area contributed by atoms with Crippen LogP contribution in [-0.2, 0) is 0 Å². The van der Waals surface area contributed by atoms with Gasteiger partial charge < -0.3 is 5.73 Å². The highest BCUT2D eigenvalue weighted by Gasteiger charge is 2.49. The largest absolute Gasteiger partial charge is 0.327 e. The first-order valence-electron chi connectivity index (χ1n) is 5.71. The van der Waals surface area contributed by atoms with Crippen LogP contribution in [0.1, 0.15) is 28.9 Å². The minimum Gasteiger partial charge on any atom is -0.327 e. The van der Waals surface area contributed by atoms with E-state index in [1.807, 2.05) is 11.4 Å². The smallest absolute Gasteiger partial charge is 0.178 e. The molecule has 0 spiro atoms. The quantitative estimate of drug-likeness (QED) is 0.853. The number of carbonyl (C=O) groups is 1. The molecule has 0 saturated heterocycles. The monoisotopic (exact) mass is 299 g/mol. The SMILES string of the molecule is NC1C2CCC(C2)C1C(=O)c1sccc1Br. The van der Waals surface area contributed by atoms with Crippen LogP contribution < -0.4 is 5.73 Å². The van der Waals surface area contributed by atoms with Crippen molar-refractivity contribution in [3.8, 4) is 0 Å². The van der Waals surface area contributed by atoms with Crippen LogP contribution in [0.5, 0.6) is 0 Å². The molecular weight excluding hydrogens is 286 g/mol. The number of nitrogens with two attached hydrogens (primary N) is 1. The molecule has 86 valence electrons. The Balaban J connectivity index is 1.89. The zero-order chi connectivity index (χ0) is 11.3. The Kier molecular flexibility index (Phi) is 2.68. The Morgan fingerprint density at radius 2 is 2.19 bits per heavy atom. The normalized spacial score (nSPS) is 36.9. The van der Waals surface area contributed by atoms with Gasteiger partial charge in [0, 0.05) is 16.4 Å². The number of fused-ring (bicyclic) bond motifs is 2. The van der Waals surface area contributed by atoms with E-state index >= 15 is 0 Å². The number of thiophene rings is 1. The van der Waals surface area contributed by atoms with Crippen molar-refractivity contribution in [2.24, 2.45) is 23.5 Å². The van der Waals surface area contributed by atoms with Gasteiger partial charge in [-0.05, 0) is 58.5 Å². The van der Waals surface area contributed by atoms with Crippen LogP contribution in [0.25, 0.3) is 0 Å². The van der Waals surface area contributed by atoms with Crippen molar-refractivity contribution in [2.75, 3.05) is 0 Å². The fraction of sp³-hybridized carbons (Fsp3) is 0.583. The summed E-state index contributed by atoms with van der Waals surface area (Å²) in [5.74, 6) is 1.48. The van der Waals surface area contributed by atoms with Crippen LogP contribution in [-0.4, -0.2) is 11.8 Å². The lowest BCUT2D eigenvalue weighted by Gasteiger charge is -2.26. The maximum atomic E-state index is 12.4. The number of carbonyl (C=O) groups excluding carboxylic acids is 1. The Bertz CT molecular complexity index is 428. The van der Waals surface area contributed by atoms with Crippen molar-refractivity contribution < 1.29 is 4.79 Å². The van der Waals surface area contributed by atoms with Crippen molar-refractivity contribution in [2.45, 2.75) is 25.3 Å². The molecule has 0 radical (unpaired) electrons. The maximum Gasteiger partial charge on any atom is 0.178 e. The molecule has 2 nitrogen and oxygen atoms in total. The summed E-state index contributed by atoms with van der Waals surface area (Å²) in [7, 11) is 0. The number of halogens is 1. The fourth-order valence-corrected chi connectivity index (χ4v) is 4.90. The first kappa shape index (κ1) is 10.9. The summed E-state index contributed by atoms with van der Waals surface area (Å²) < 4.78 is 0.928. The summed E-state index contributed by atoms with van der Waals surface area (Å²) in [6, 6.07) is 2.04. The number of ketones is 1. The van der Waals surface area contributed by atoms with Crippen LogP contribution in [0.15, 0.2) is 15.9 Å². The second-order valence-corrected chi connectivity index (χ2v) is 6.67. The zero-order valence-electron chi connectivity index (χ0n) is 8.86. The van der Waals surface area contributed by atoms with E-state index in [9.17, 15) is 4.79 Å². The first-order valence-corrected chi connectivity index (χ1v) is 7.38. The molecule has 4 heteroatoms. The Morgan fingerprint density at radius 1 is 1.44 bits per heavy atom. The first-order chi connectivity index (χ1) is 7.68. The van der Waals surface area contributed by atoms with Crippen molar-refractivity contribution in [1.29, 1.82) is 0 Å². The standard InChI is InChI=1S/C12H14BrNOS/c13-8-3-4-16-12(8)11(15)9-6-1-2-7(5-6)10(9)14/h3-4,6-7,9-10H,1-2,5,14H2. The van der Waals surface area contributed by atoms with Gasteiger partial charge in [-0.3, -0.25) is 4.79 Å². The van der Waals surface area contributed by atoms with Gasteiger partial charge in [-0.15, -0.1) is 11.3 Å². The summed E-state index contributed by atoms with van der Waals surface area (Å²) in [6.45, 7) is 0. The topological polar surface area (TPSA) is 43.1 Å². The van der Waals surface area contributed by atoms with Gasteiger partial charge in [0.2, 0.25) is 0 Å². The van der Waals surface area contributed by atoms with Gasteiger partial charge in [0.25, 0.3) is 0 Å². The molecule has 2 aliphatic carbocycles. The summed E-state index contributed by atoms with van der Waals surface area (Å²) in [6.07, 6.45) is 3.58. The Hall–Kier alpha value is -0.190. The minimum absolute atomic E-state index is 0.0775. The summed E-state index contributed by atoms with van der Waals surface area (Å²) in [5.41, 5.74) is 6.19. The predicted molar refractivity (Wildman–Crippen MR) is 68.6 cm³/mol. The molecule has 2 saturated carbocycles. The number of hydrogen-bond donors (Lipinski definition) is 1. The van der Waals surface area contributed by atoms with Gasteiger partial charge in [0.1, 0.15) is 0 Å². The molecule has 2 fully saturated rings. The van der Waals surface area contributed by atoms with Gasteiger partial charge in [0.05, 0.1) is 4.88 Å². The zero-order valence-corrected chi connectivity index (χ0v) is 11.3. The average Bonchev–Trinajstić information content (AvgIpc) is 2.92. The Labute approximate surface area is 107 Å². The lowest BCUT2D eigenvalue weighted by atomic mass is 9.82. The van der Waals surface area contributed by atoms with Gasteiger partial charge in [-0.1, -0.05) is 0 Å².